The topological polar surface area (TPSA) is 55.1 Å². The van der Waals surface area contributed by atoms with Gasteiger partial charge in [0.2, 0.25) is 0 Å². The molecule has 0 radical (unpaired) electrons. The zero-order valence-corrected chi connectivity index (χ0v) is 11.4. The van der Waals surface area contributed by atoms with Crippen molar-refractivity contribution >= 4 is 23.1 Å². The van der Waals surface area contributed by atoms with Crippen molar-refractivity contribution in [3.63, 3.8) is 0 Å². The number of nitrogens with one attached hydrogen (secondary N) is 1. The molecule has 2 aromatic rings. The quantitative estimate of drug-likeness (QED) is 0.850. The molecule has 3 nitrogen and oxygen atoms in total. The zero-order chi connectivity index (χ0) is 14.5. The molecule has 20 heavy (non-hydrogen) atoms. The Balaban J connectivity index is 2.21. The highest BCUT2D eigenvalue weighted by atomic mass is 32.1. The molecule has 0 aliphatic rings. The lowest BCUT2D eigenvalue weighted by atomic mass is 10.1. The summed E-state index contributed by atoms with van der Waals surface area (Å²) in [6.07, 6.45) is 0. The monoisotopic (exact) mass is 288 g/mol. The summed E-state index contributed by atoms with van der Waals surface area (Å²) < 4.78 is 13.1. The number of hydrogen-bond donors (Lipinski definition) is 2. The molecular weight excluding hydrogens is 275 g/mol. The molecule has 1 unspecified atom stereocenters. The van der Waals surface area contributed by atoms with Gasteiger partial charge in [-0.1, -0.05) is 48.6 Å². The van der Waals surface area contributed by atoms with E-state index in [-0.39, 0.29) is 10.6 Å². The molecule has 0 aliphatic heterocycles. The molecule has 0 saturated carbocycles. The van der Waals surface area contributed by atoms with E-state index in [0.717, 1.165) is 11.6 Å². The zero-order valence-electron chi connectivity index (χ0n) is 10.5. The number of nitrogens with two attached hydrogens (primary N) is 1. The molecule has 0 spiro atoms. The van der Waals surface area contributed by atoms with Gasteiger partial charge in [-0.05, 0) is 23.8 Å². The largest absolute Gasteiger partial charge is 0.391 e. The van der Waals surface area contributed by atoms with Crippen LogP contribution < -0.4 is 11.1 Å². The summed E-state index contributed by atoms with van der Waals surface area (Å²) in [6, 6.07) is 14.0. The smallest absolute Gasteiger partial charge is 0.252 e. The van der Waals surface area contributed by atoms with Crippen molar-refractivity contribution in [1.29, 1.82) is 0 Å². The van der Waals surface area contributed by atoms with Crippen molar-refractivity contribution in [3.8, 4) is 0 Å². The Morgan fingerprint density at radius 3 is 2.45 bits per heavy atom. The average molecular weight is 288 g/mol. The maximum Gasteiger partial charge on any atom is 0.252 e. The minimum absolute atomic E-state index is 0.154. The van der Waals surface area contributed by atoms with Crippen molar-refractivity contribution in [3.05, 3.63) is 71.5 Å². The Morgan fingerprint density at radius 1 is 1.15 bits per heavy atom. The fourth-order valence-corrected chi connectivity index (χ4v) is 2.00. The van der Waals surface area contributed by atoms with Gasteiger partial charge in [-0.3, -0.25) is 4.79 Å². The van der Waals surface area contributed by atoms with E-state index in [1.165, 1.54) is 18.2 Å². The Labute approximate surface area is 121 Å². The molecule has 3 N–H and O–H groups in total. The van der Waals surface area contributed by atoms with Gasteiger partial charge in [-0.2, -0.15) is 0 Å². The van der Waals surface area contributed by atoms with Crippen molar-refractivity contribution in [2.45, 2.75) is 6.04 Å². The van der Waals surface area contributed by atoms with Crippen LogP contribution in [0.25, 0.3) is 0 Å². The number of carbonyl (C=O) groups excluding carboxylic acids is 1. The second-order valence-corrected chi connectivity index (χ2v) is 4.70. The highest BCUT2D eigenvalue weighted by Crippen LogP contribution is 2.14. The molecule has 102 valence electrons. The van der Waals surface area contributed by atoms with E-state index in [4.69, 9.17) is 18.0 Å². The summed E-state index contributed by atoms with van der Waals surface area (Å²) >= 11 is 4.98. The van der Waals surface area contributed by atoms with Gasteiger partial charge in [-0.15, -0.1) is 0 Å². The molecule has 0 fully saturated rings. The lowest BCUT2D eigenvalue weighted by molar-refractivity contribution is 0.0946. The predicted molar refractivity (Wildman–Crippen MR) is 79.8 cm³/mol. The predicted octanol–water partition coefficient (Wildman–Crippen LogP) is 2.58. The summed E-state index contributed by atoms with van der Waals surface area (Å²) in [5, 5.41) is 2.70. The van der Waals surface area contributed by atoms with Crippen molar-refractivity contribution in [2.75, 3.05) is 0 Å². The third-order valence-electron chi connectivity index (χ3n) is 2.78. The number of halogens is 1. The Hall–Kier alpha value is -2.27. The number of rotatable bonds is 4. The van der Waals surface area contributed by atoms with E-state index < -0.39 is 17.8 Å². The molecule has 0 saturated heterocycles. The third kappa shape index (κ3) is 3.39. The van der Waals surface area contributed by atoms with Crippen molar-refractivity contribution in [2.24, 2.45) is 5.73 Å². The first-order chi connectivity index (χ1) is 9.58. The first-order valence-corrected chi connectivity index (χ1v) is 6.39. The van der Waals surface area contributed by atoms with E-state index in [1.54, 1.807) is 0 Å². The molecule has 2 rings (SSSR count). The summed E-state index contributed by atoms with van der Waals surface area (Å²) in [6.45, 7) is 0. The van der Waals surface area contributed by atoms with Crippen LogP contribution in [0.1, 0.15) is 22.0 Å². The number of amides is 1. The van der Waals surface area contributed by atoms with Crippen molar-refractivity contribution < 1.29 is 9.18 Å². The average Bonchev–Trinajstić information content (AvgIpc) is 2.45. The lowest BCUT2D eigenvalue weighted by Crippen LogP contribution is -2.36. The summed E-state index contributed by atoms with van der Waals surface area (Å²) in [7, 11) is 0. The van der Waals surface area contributed by atoms with Gasteiger partial charge in [0.1, 0.15) is 16.8 Å². The van der Waals surface area contributed by atoms with Crippen LogP contribution in [0.15, 0.2) is 54.6 Å². The maximum atomic E-state index is 13.1. The summed E-state index contributed by atoms with van der Waals surface area (Å²) in [5.74, 6) is -0.893. The molecule has 0 heterocycles. The maximum absolute atomic E-state index is 13.1. The fourth-order valence-electron chi connectivity index (χ4n) is 1.81. The van der Waals surface area contributed by atoms with Gasteiger partial charge >= 0.3 is 0 Å². The van der Waals surface area contributed by atoms with E-state index >= 15 is 0 Å². The Bertz CT molecular complexity index is 631. The summed E-state index contributed by atoms with van der Waals surface area (Å²) in [4.78, 5) is 12.2. The highest BCUT2D eigenvalue weighted by Gasteiger charge is 2.18. The van der Waals surface area contributed by atoms with Crippen LogP contribution in [0.5, 0.6) is 0 Å². The van der Waals surface area contributed by atoms with Gasteiger partial charge in [0.25, 0.3) is 5.91 Å². The van der Waals surface area contributed by atoms with Gasteiger partial charge in [0, 0.05) is 5.56 Å². The van der Waals surface area contributed by atoms with Gasteiger partial charge < -0.3 is 11.1 Å². The van der Waals surface area contributed by atoms with Gasteiger partial charge in [0.05, 0.1) is 0 Å². The highest BCUT2D eigenvalue weighted by molar-refractivity contribution is 7.80. The van der Waals surface area contributed by atoms with Crippen molar-refractivity contribution in [1.82, 2.24) is 5.32 Å². The second-order valence-electron chi connectivity index (χ2n) is 4.23. The first kappa shape index (κ1) is 14.1. The molecule has 1 atom stereocenters. The Kier molecular flexibility index (Phi) is 4.42. The minimum Gasteiger partial charge on any atom is -0.391 e. The van der Waals surface area contributed by atoms with Crippen LogP contribution in [0, 0.1) is 5.82 Å². The van der Waals surface area contributed by atoms with Crippen LogP contribution in [0.4, 0.5) is 4.39 Å². The molecule has 1 amide bonds. The van der Waals surface area contributed by atoms with Crippen LogP contribution in [-0.2, 0) is 0 Å². The van der Waals surface area contributed by atoms with E-state index in [1.807, 2.05) is 30.3 Å². The Morgan fingerprint density at radius 2 is 1.85 bits per heavy atom. The van der Waals surface area contributed by atoms with Gasteiger partial charge in [0.15, 0.2) is 0 Å². The van der Waals surface area contributed by atoms with Crippen LogP contribution in [0.2, 0.25) is 0 Å². The third-order valence-corrected chi connectivity index (χ3v) is 3.02. The fraction of sp³-hybridized carbons (Fsp3) is 0.0667. The van der Waals surface area contributed by atoms with E-state index in [9.17, 15) is 9.18 Å². The molecule has 0 bridgehead atoms. The van der Waals surface area contributed by atoms with E-state index in [0.29, 0.717) is 0 Å². The number of carbonyl (C=O) groups is 1. The summed E-state index contributed by atoms with van der Waals surface area (Å²) in [5.41, 5.74) is 6.67. The SMILES string of the molecule is NC(=S)C(NC(=O)c1cccc(F)c1)c1ccccc1. The van der Waals surface area contributed by atoms with Crippen LogP contribution in [0.3, 0.4) is 0 Å². The minimum atomic E-state index is -0.582. The molecule has 5 heteroatoms. The number of hydrogen-bond acceptors (Lipinski definition) is 2. The first-order valence-electron chi connectivity index (χ1n) is 5.98. The second kappa shape index (κ2) is 6.25. The number of thiocarbonyl (C=S) groups is 1. The molecular formula is C15H13FN2OS. The molecule has 0 aliphatic carbocycles. The molecule has 0 aromatic heterocycles. The van der Waals surface area contributed by atoms with E-state index in [2.05, 4.69) is 5.32 Å². The number of benzene rings is 2. The van der Waals surface area contributed by atoms with Gasteiger partial charge in [-0.25, -0.2) is 4.39 Å². The lowest BCUT2D eigenvalue weighted by Gasteiger charge is -2.18. The van der Waals surface area contributed by atoms with Crippen LogP contribution >= 0.6 is 12.2 Å². The standard InChI is InChI=1S/C15H13FN2OS/c16-12-8-4-7-11(9-12)15(19)18-13(14(17)20)10-5-2-1-3-6-10/h1-9,13H,(H2,17,20)(H,18,19). The van der Waals surface area contributed by atoms with Crippen LogP contribution in [-0.4, -0.2) is 10.9 Å². The molecule has 2 aromatic carbocycles. The normalized spacial score (nSPS) is 11.7.